The van der Waals surface area contributed by atoms with Crippen molar-refractivity contribution in [1.29, 1.82) is 0 Å². The summed E-state index contributed by atoms with van der Waals surface area (Å²) in [5, 5.41) is 4.81. The van der Waals surface area contributed by atoms with Crippen LogP contribution in [0.15, 0.2) is 18.5 Å². The smallest absolute Gasteiger partial charge is 0.211 e. The third kappa shape index (κ3) is 2.05. The van der Waals surface area contributed by atoms with Crippen LogP contribution in [0.5, 0.6) is 0 Å². The summed E-state index contributed by atoms with van der Waals surface area (Å²) in [7, 11) is 0. The molecule has 2 amide bonds. The number of rotatable bonds is 4. The Hall–Kier alpha value is -1.91. The molecule has 0 aliphatic carbocycles. The first kappa shape index (κ1) is 8.19. The molecule has 5 nitrogen and oxygen atoms in total. The summed E-state index contributed by atoms with van der Waals surface area (Å²) in [6.07, 6.45) is 4.04. The topological polar surface area (TPSA) is 71.1 Å². The van der Waals surface area contributed by atoms with Gasteiger partial charge in [0.1, 0.15) is 0 Å². The van der Waals surface area contributed by atoms with E-state index in [9.17, 15) is 9.59 Å². The lowest BCUT2D eigenvalue weighted by Gasteiger charge is -2.00. The lowest BCUT2D eigenvalue weighted by Crippen LogP contribution is -1.98. The van der Waals surface area contributed by atoms with Gasteiger partial charge < -0.3 is 10.6 Å². The van der Waals surface area contributed by atoms with Crippen LogP contribution in [-0.2, 0) is 9.59 Å². The molecule has 12 heavy (non-hydrogen) atoms. The fourth-order valence-corrected chi connectivity index (χ4v) is 0.734. The van der Waals surface area contributed by atoms with Gasteiger partial charge in [-0.1, -0.05) is 0 Å². The second-order valence-electron chi connectivity index (χ2n) is 1.99. The molecule has 1 heterocycles. The molecule has 1 rings (SSSR count). The van der Waals surface area contributed by atoms with Crippen molar-refractivity contribution >= 4 is 24.2 Å². The minimum atomic E-state index is 0.539. The van der Waals surface area contributed by atoms with E-state index in [0.29, 0.717) is 24.2 Å². The van der Waals surface area contributed by atoms with E-state index in [1.165, 1.54) is 12.4 Å². The van der Waals surface area contributed by atoms with Gasteiger partial charge in [-0.15, -0.1) is 0 Å². The Morgan fingerprint density at radius 2 is 1.58 bits per heavy atom. The zero-order valence-corrected chi connectivity index (χ0v) is 6.15. The lowest BCUT2D eigenvalue weighted by molar-refractivity contribution is -0.106. The number of nitrogens with one attached hydrogen (secondary N) is 2. The fourth-order valence-electron chi connectivity index (χ4n) is 0.734. The Balaban J connectivity index is 2.79. The molecular weight excluding hydrogens is 158 g/mol. The molecule has 0 saturated heterocycles. The summed E-state index contributed by atoms with van der Waals surface area (Å²) >= 11 is 0. The second kappa shape index (κ2) is 4.07. The van der Waals surface area contributed by atoms with Crippen molar-refractivity contribution in [1.82, 2.24) is 4.98 Å². The molecular formula is C7H7N3O2. The molecule has 0 bridgehead atoms. The summed E-state index contributed by atoms with van der Waals surface area (Å²) in [5.74, 6) is 0. The first-order chi connectivity index (χ1) is 5.86. The predicted octanol–water partition coefficient (Wildman–Crippen LogP) is 0.218. The van der Waals surface area contributed by atoms with Crippen molar-refractivity contribution in [3.05, 3.63) is 18.5 Å². The number of carbonyl (C=O) groups excluding carboxylic acids is 2. The zero-order valence-electron chi connectivity index (χ0n) is 6.15. The van der Waals surface area contributed by atoms with Gasteiger partial charge in [0.05, 0.1) is 23.8 Å². The summed E-state index contributed by atoms with van der Waals surface area (Å²) in [6, 6.07) is 1.59. The third-order valence-corrected chi connectivity index (χ3v) is 1.19. The number of anilines is 2. The molecule has 0 unspecified atom stereocenters. The lowest BCUT2D eigenvalue weighted by atomic mass is 10.4. The Kier molecular flexibility index (Phi) is 2.78. The van der Waals surface area contributed by atoms with Crippen LogP contribution in [0, 0.1) is 0 Å². The van der Waals surface area contributed by atoms with Gasteiger partial charge in [-0.3, -0.25) is 14.6 Å². The highest BCUT2D eigenvalue weighted by Crippen LogP contribution is 2.10. The summed E-state index contributed by atoms with van der Waals surface area (Å²) in [6.45, 7) is 0. The minimum absolute atomic E-state index is 0.539. The van der Waals surface area contributed by atoms with Crippen molar-refractivity contribution in [2.75, 3.05) is 10.6 Å². The van der Waals surface area contributed by atoms with E-state index in [2.05, 4.69) is 15.6 Å². The van der Waals surface area contributed by atoms with Crippen molar-refractivity contribution in [3.8, 4) is 0 Å². The van der Waals surface area contributed by atoms with E-state index in [4.69, 9.17) is 0 Å². The molecule has 0 radical (unpaired) electrons. The molecule has 1 aromatic heterocycles. The van der Waals surface area contributed by atoms with Crippen molar-refractivity contribution in [2.24, 2.45) is 0 Å². The normalized spacial score (nSPS) is 8.67. The highest BCUT2D eigenvalue weighted by atomic mass is 16.1. The average molecular weight is 165 g/mol. The van der Waals surface area contributed by atoms with Gasteiger partial charge in [0.15, 0.2) is 0 Å². The predicted molar refractivity (Wildman–Crippen MR) is 43.6 cm³/mol. The van der Waals surface area contributed by atoms with Gasteiger partial charge in [-0.05, 0) is 6.07 Å². The van der Waals surface area contributed by atoms with Crippen LogP contribution < -0.4 is 10.6 Å². The molecule has 62 valence electrons. The van der Waals surface area contributed by atoms with Crippen LogP contribution in [0.1, 0.15) is 0 Å². The van der Waals surface area contributed by atoms with Crippen molar-refractivity contribution < 1.29 is 9.59 Å². The van der Waals surface area contributed by atoms with Crippen LogP contribution in [0.2, 0.25) is 0 Å². The number of nitrogens with zero attached hydrogens (tertiary/aromatic N) is 1. The maximum Gasteiger partial charge on any atom is 0.211 e. The molecule has 0 atom stereocenters. The first-order valence-electron chi connectivity index (χ1n) is 3.22. The molecule has 0 fully saturated rings. The van der Waals surface area contributed by atoms with Gasteiger partial charge in [0.25, 0.3) is 0 Å². The van der Waals surface area contributed by atoms with Crippen molar-refractivity contribution in [3.63, 3.8) is 0 Å². The van der Waals surface area contributed by atoms with Crippen LogP contribution in [-0.4, -0.2) is 17.8 Å². The SMILES string of the molecule is O=CNc1cncc(NC=O)c1. The number of amides is 2. The zero-order chi connectivity index (χ0) is 8.81. The van der Waals surface area contributed by atoms with Gasteiger partial charge in [0.2, 0.25) is 12.8 Å². The van der Waals surface area contributed by atoms with Crippen LogP contribution in [0.4, 0.5) is 11.4 Å². The Labute approximate surface area is 68.8 Å². The van der Waals surface area contributed by atoms with Gasteiger partial charge in [-0.2, -0.15) is 0 Å². The van der Waals surface area contributed by atoms with Crippen LogP contribution >= 0.6 is 0 Å². The largest absolute Gasteiger partial charge is 0.327 e. The molecule has 0 aliphatic heterocycles. The molecule has 1 aromatic rings. The number of hydrogen-bond donors (Lipinski definition) is 2. The molecule has 0 saturated carbocycles. The van der Waals surface area contributed by atoms with E-state index < -0.39 is 0 Å². The van der Waals surface area contributed by atoms with Crippen LogP contribution in [0.25, 0.3) is 0 Å². The maximum atomic E-state index is 10.0. The quantitative estimate of drug-likeness (QED) is 0.627. The summed E-state index contributed by atoms with van der Waals surface area (Å²) in [5.41, 5.74) is 1.08. The molecule has 2 N–H and O–H groups in total. The van der Waals surface area contributed by atoms with E-state index in [1.807, 2.05) is 0 Å². The second-order valence-corrected chi connectivity index (χ2v) is 1.99. The molecule has 0 aromatic carbocycles. The average Bonchev–Trinajstić information content (AvgIpc) is 2.06. The van der Waals surface area contributed by atoms with E-state index >= 15 is 0 Å². The fraction of sp³-hybridized carbons (Fsp3) is 0. The highest BCUT2D eigenvalue weighted by Gasteiger charge is 1.93. The molecule has 0 spiro atoms. The standard InChI is InChI=1S/C7H7N3O2/c11-4-9-6-1-7(10-5-12)3-8-2-6/h1-5H,(H,9,11)(H,10,12). The number of hydrogen-bond acceptors (Lipinski definition) is 3. The summed E-state index contributed by atoms with van der Waals surface area (Å²) < 4.78 is 0. The number of pyridine rings is 1. The van der Waals surface area contributed by atoms with E-state index in [0.717, 1.165) is 0 Å². The third-order valence-electron chi connectivity index (χ3n) is 1.19. The Morgan fingerprint density at radius 1 is 1.08 bits per heavy atom. The molecule has 0 aliphatic rings. The molecule has 5 heteroatoms. The van der Waals surface area contributed by atoms with Gasteiger partial charge in [0, 0.05) is 0 Å². The maximum absolute atomic E-state index is 10.0. The Bertz CT molecular complexity index is 262. The monoisotopic (exact) mass is 165 g/mol. The minimum Gasteiger partial charge on any atom is -0.327 e. The van der Waals surface area contributed by atoms with Crippen molar-refractivity contribution in [2.45, 2.75) is 0 Å². The van der Waals surface area contributed by atoms with E-state index in [1.54, 1.807) is 6.07 Å². The highest BCUT2D eigenvalue weighted by molar-refractivity contribution is 5.76. The Morgan fingerprint density at radius 3 is 2.00 bits per heavy atom. The number of carbonyl (C=O) groups is 2. The van der Waals surface area contributed by atoms with Crippen LogP contribution in [0.3, 0.4) is 0 Å². The van der Waals surface area contributed by atoms with Gasteiger partial charge in [-0.25, -0.2) is 0 Å². The van der Waals surface area contributed by atoms with E-state index in [-0.39, 0.29) is 0 Å². The van der Waals surface area contributed by atoms with Gasteiger partial charge >= 0.3 is 0 Å². The summed E-state index contributed by atoms with van der Waals surface area (Å²) in [4.78, 5) is 23.8. The first-order valence-corrected chi connectivity index (χ1v) is 3.22. The number of aromatic nitrogens is 1.